The number of anilines is 1. The molecular weight excluding hydrogens is 429 g/mol. The first-order valence-electron chi connectivity index (χ1n) is 10.5. The minimum atomic E-state index is -0.364. The molecule has 7 heteroatoms. The van der Waals surface area contributed by atoms with Crippen LogP contribution in [-0.4, -0.2) is 34.8 Å². The summed E-state index contributed by atoms with van der Waals surface area (Å²) in [5.74, 6) is -0.932. The summed E-state index contributed by atoms with van der Waals surface area (Å²) in [5.41, 5.74) is 1.88. The maximum atomic E-state index is 13.6. The molecule has 0 radical (unpaired) electrons. The number of carbonyl (C=O) groups is 2. The number of benzene rings is 2. The molecule has 1 aromatic heterocycles. The van der Waals surface area contributed by atoms with Crippen LogP contribution in [0.2, 0.25) is 5.02 Å². The molecule has 2 aromatic carbocycles. The normalized spacial score (nSPS) is 15.9. The second-order valence-corrected chi connectivity index (χ2v) is 8.26. The van der Waals surface area contributed by atoms with E-state index in [1.54, 1.807) is 52.4 Å². The number of pyridine rings is 1. The van der Waals surface area contributed by atoms with Crippen LogP contribution in [0, 0.1) is 11.7 Å². The first kappa shape index (κ1) is 22.0. The molecule has 1 saturated heterocycles. The number of hydrogen-bond acceptors (Lipinski definition) is 3. The van der Waals surface area contributed by atoms with Crippen LogP contribution < -0.4 is 4.90 Å². The minimum Gasteiger partial charge on any atom is -0.338 e. The SMILES string of the molecule is O=C(c1ccc(Cl)cc1)N1CCCC(C(=O)N(Cc2ccccn2)c2ccc(F)cc2)C1. The highest BCUT2D eigenvalue weighted by molar-refractivity contribution is 6.30. The van der Waals surface area contributed by atoms with Gasteiger partial charge in [0, 0.05) is 35.6 Å². The van der Waals surface area contributed by atoms with E-state index in [1.165, 1.54) is 12.1 Å². The van der Waals surface area contributed by atoms with Crippen LogP contribution in [0.15, 0.2) is 72.9 Å². The lowest BCUT2D eigenvalue weighted by Gasteiger charge is -2.35. The molecule has 5 nitrogen and oxygen atoms in total. The molecule has 32 heavy (non-hydrogen) atoms. The average molecular weight is 452 g/mol. The first-order valence-corrected chi connectivity index (χ1v) is 10.9. The number of nitrogens with zero attached hydrogens (tertiary/aromatic N) is 3. The molecule has 0 bridgehead atoms. The molecule has 4 rings (SSSR count). The Morgan fingerprint density at radius 2 is 1.81 bits per heavy atom. The highest BCUT2D eigenvalue weighted by Gasteiger charge is 2.32. The van der Waals surface area contributed by atoms with Crippen molar-refractivity contribution in [3.8, 4) is 0 Å². The highest BCUT2D eigenvalue weighted by atomic mass is 35.5. The predicted octanol–water partition coefficient (Wildman–Crippen LogP) is 4.96. The summed E-state index contributed by atoms with van der Waals surface area (Å²) in [6.45, 7) is 1.20. The smallest absolute Gasteiger partial charge is 0.253 e. The van der Waals surface area contributed by atoms with E-state index < -0.39 is 0 Å². The third-order valence-corrected chi connectivity index (χ3v) is 5.85. The number of carbonyl (C=O) groups excluding carboxylic acids is 2. The Bertz CT molecular complexity index is 1070. The summed E-state index contributed by atoms with van der Waals surface area (Å²) in [4.78, 5) is 34.2. The second kappa shape index (κ2) is 9.92. The number of halogens is 2. The van der Waals surface area contributed by atoms with E-state index in [9.17, 15) is 14.0 Å². The zero-order valence-electron chi connectivity index (χ0n) is 17.5. The van der Waals surface area contributed by atoms with Gasteiger partial charge in [-0.3, -0.25) is 14.6 Å². The van der Waals surface area contributed by atoms with Crippen molar-refractivity contribution in [2.45, 2.75) is 19.4 Å². The van der Waals surface area contributed by atoms with Crippen molar-refractivity contribution in [3.05, 3.63) is 95.0 Å². The number of amides is 2. The van der Waals surface area contributed by atoms with Crippen LogP contribution in [0.1, 0.15) is 28.9 Å². The number of hydrogen-bond donors (Lipinski definition) is 0. The van der Waals surface area contributed by atoms with Gasteiger partial charge in [0.25, 0.3) is 5.91 Å². The van der Waals surface area contributed by atoms with Gasteiger partial charge in [-0.05, 0) is 73.5 Å². The third-order valence-electron chi connectivity index (χ3n) is 5.60. The summed E-state index contributed by atoms with van der Waals surface area (Å²) in [6.07, 6.45) is 3.09. The Kier molecular flexibility index (Phi) is 6.81. The summed E-state index contributed by atoms with van der Waals surface area (Å²) in [6, 6.07) is 18.2. The van der Waals surface area contributed by atoms with Crippen molar-refractivity contribution < 1.29 is 14.0 Å². The van der Waals surface area contributed by atoms with Gasteiger partial charge in [0.1, 0.15) is 5.82 Å². The van der Waals surface area contributed by atoms with Crippen molar-refractivity contribution in [1.29, 1.82) is 0 Å². The molecule has 0 spiro atoms. The fourth-order valence-electron chi connectivity index (χ4n) is 3.93. The van der Waals surface area contributed by atoms with Crippen LogP contribution >= 0.6 is 11.6 Å². The summed E-state index contributed by atoms with van der Waals surface area (Å²) >= 11 is 5.93. The Hall–Kier alpha value is -3.25. The van der Waals surface area contributed by atoms with E-state index in [-0.39, 0.29) is 30.1 Å². The van der Waals surface area contributed by atoms with Crippen LogP contribution in [0.3, 0.4) is 0 Å². The van der Waals surface area contributed by atoms with Gasteiger partial charge in [-0.25, -0.2) is 4.39 Å². The Labute approximate surface area is 191 Å². The zero-order valence-corrected chi connectivity index (χ0v) is 18.2. The molecule has 1 unspecified atom stereocenters. The Morgan fingerprint density at radius 3 is 2.50 bits per heavy atom. The monoisotopic (exact) mass is 451 g/mol. The first-order chi connectivity index (χ1) is 15.5. The van der Waals surface area contributed by atoms with E-state index >= 15 is 0 Å². The number of likely N-dealkylation sites (tertiary alicyclic amines) is 1. The Balaban J connectivity index is 1.54. The lowest BCUT2D eigenvalue weighted by molar-refractivity contribution is -0.123. The molecule has 0 aliphatic carbocycles. The molecule has 1 fully saturated rings. The van der Waals surface area contributed by atoms with Gasteiger partial charge in [-0.1, -0.05) is 17.7 Å². The van der Waals surface area contributed by atoms with E-state index in [2.05, 4.69) is 4.98 Å². The van der Waals surface area contributed by atoms with Crippen LogP contribution in [0.25, 0.3) is 0 Å². The maximum Gasteiger partial charge on any atom is 0.253 e. The molecule has 2 heterocycles. The molecule has 164 valence electrons. The molecule has 1 aliphatic rings. The summed E-state index contributed by atoms with van der Waals surface area (Å²) in [7, 11) is 0. The molecule has 2 amide bonds. The van der Waals surface area contributed by atoms with E-state index in [4.69, 9.17) is 11.6 Å². The zero-order chi connectivity index (χ0) is 22.5. The fourth-order valence-corrected chi connectivity index (χ4v) is 4.06. The predicted molar refractivity (Wildman–Crippen MR) is 122 cm³/mol. The highest BCUT2D eigenvalue weighted by Crippen LogP contribution is 2.26. The molecular formula is C25H23ClFN3O2. The van der Waals surface area contributed by atoms with Crippen LogP contribution in [-0.2, 0) is 11.3 Å². The number of piperidine rings is 1. The summed E-state index contributed by atoms with van der Waals surface area (Å²) in [5, 5.41) is 0.567. The van der Waals surface area contributed by atoms with Crippen molar-refractivity contribution in [3.63, 3.8) is 0 Å². The van der Waals surface area contributed by atoms with Gasteiger partial charge >= 0.3 is 0 Å². The fraction of sp³-hybridized carbons (Fsp3) is 0.240. The average Bonchev–Trinajstić information content (AvgIpc) is 2.83. The van der Waals surface area contributed by atoms with Gasteiger partial charge < -0.3 is 9.80 Å². The lowest BCUT2D eigenvalue weighted by Crippen LogP contribution is -2.46. The topological polar surface area (TPSA) is 53.5 Å². The van der Waals surface area contributed by atoms with Crippen LogP contribution in [0.5, 0.6) is 0 Å². The molecule has 1 atom stereocenters. The maximum absolute atomic E-state index is 13.6. The lowest BCUT2D eigenvalue weighted by atomic mass is 9.95. The standard InChI is InChI=1S/C25H23ClFN3O2/c26-20-8-6-18(7-9-20)24(31)29-15-3-4-19(16-29)25(32)30(17-22-5-1-2-14-28-22)23-12-10-21(27)11-13-23/h1-2,5-14,19H,3-4,15-17H2. The number of aromatic nitrogens is 1. The molecule has 0 saturated carbocycles. The minimum absolute atomic E-state index is 0.101. The quantitative estimate of drug-likeness (QED) is 0.551. The molecule has 1 aliphatic heterocycles. The van der Waals surface area contributed by atoms with Crippen molar-refractivity contribution in [2.24, 2.45) is 5.92 Å². The van der Waals surface area contributed by atoms with Gasteiger partial charge in [0.2, 0.25) is 5.91 Å². The van der Waals surface area contributed by atoms with Gasteiger partial charge in [0.05, 0.1) is 18.2 Å². The number of rotatable bonds is 5. The third kappa shape index (κ3) is 5.14. The van der Waals surface area contributed by atoms with E-state index in [0.717, 1.165) is 12.1 Å². The molecule has 3 aromatic rings. The van der Waals surface area contributed by atoms with Crippen molar-refractivity contribution in [2.75, 3.05) is 18.0 Å². The summed E-state index contributed by atoms with van der Waals surface area (Å²) < 4.78 is 13.5. The van der Waals surface area contributed by atoms with E-state index in [1.807, 2.05) is 18.2 Å². The second-order valence-electron chi connectivity index (χ2n) is 7.82. The van der Waals surface area contributed by atoms with Crippen molar-refractivity contribution in [1.82, 2.24) is 9.88 Å². The molecule has 0 N–H and O–H groups in total. The van der Waals surface area contributed by atoms with E-state index in [0.29, 0.717) is 35.8 Å². The van der Waals surface area contributed by atoms with Gasteiger partial charge in [0.15, 0.2) is 0 Å². The van der Waals surface area contributed by atoms with Gasteiger partial charge in [-0.2, -0.15) is 0 Å². The van der Waals surface area contributed by atoms with Crippen LogP contribution in [0.4, 0.5) is 10.1 Å². The largest absolute Gasteiger partial charge is 0.338 e. The van der Waals surface area contributed by atoms with Gasteiger partial charge in [-0.15, -0.1) is 0 Å². The van der Waals surface area contributed by atoms with Crippen molar-refractivity contribution >= 4 is 29.1 Å². The Morgan fingerprint density at radius 1 is 1.06 bits per heavy atom.